The number of nitrogens with one attached hydrogen (secondary N) is 1. The summed E-state index contributed by atoms with van der Waals surface area (Å²) in [5, 5.41) is 4.81. The van der Waals surface area contributed by atoms with Gasteiger partial charge in [-0.2, -0.15) is 0 Å². The highest BCUT2D eigenvalue weighted by atomic mass is 32.1. The quantitative estimate of drug-likeness (QED) is 0.931. The molecule has 0 amide bonds. The number of aryl methyl sites for hydroxylation is 1. The van der Waals surface area contributed by atoms with Crippen LogP contribution in [-0.4, -0.2) is 19.8 Å². The Balaban J connectivity index is 1.89. The van der Waals surface area contributed by atoms with Crippen LogP contribution in [0.4, 0.5) is 0 Å². The zero-order valence-corrected chi connectivity index (χ0v) is 13.1. The predicted molar refractivity (Wildman–Crippen MR) is 84.1 cm³/mol. The summed E-state index contributed by atoms with van der Waals surface area (Å²) in [7, 11) is 0. The zero-order chi connectivity index (χ0) is 14.1. The summed E-state index contributed by atoms with van der Waals surface area (Å²) in [4.78, 5) is 1.41. The van der Waals surface area contributed by atoms with Gasteiger partial charge in [0.05, 0.1) is 0 Å². The minimum atomic E-state index is 0.643. The Morgan fingerprint density at radius 3 is 2.60 bits per heavy atom. The molecule has 1 aromatic heterocycles. The van der Waals surface area contributed by atoms with Crippen LogP contribution in [0.25, 0.3) is 10.1 Å². The standard InChI is InChI=1S/C16H21NO2S/c1-10(2)8-17-9-16-11(3)12-6-13-14(7-15(12)20-16)19-5-4-18-13/h6-7,10,17H,4-5,8-9H2,1-3H3. The summed E-state index contributed by atoms with van der Waals surface area (Å²) in [5.74, 6) is 2.44. The van der Waals surface area contributed by atoms with E-state index in [0.29, 0.717) is 19.1 Å². The van der Waals surface area contributed by atoms with Gasteiger partial charge in [-0.3, -0.25) is 0 Å². The van der Waals surface area contributed by atoms with Crippen molar-refractivity contribution < 1.29 is 9.47 Å². The van der Waals surface area contributed by atoms with Gasteiger partial charge in [-0.25, -0.2) is 0 Å². The Kier molecular flexibility index (Phi) is 3.85. The van der Waals surface area contributed by atoms with Gasteiger partial charge in [0, 0.05) is 22.2 Å². The summed E-state index contributed by atoms with van der Waals surface area (Å²) in [6, 6.07) is 4.25. The number of rotatable bonds is 4. The molecule has 108 valence electrons. The largest absolute Gasteiger partial charge is 0.486 e. The molecule has 0 saturated heterocycles. The number of hydrogen-bond donors (Lipinski definition) is 1. The third kappa shape index (κ3) is 2.63. The fraction of sp³-hybridized carbons (Fsp3) is 0.500. The average Bonchev–Trinajstić information content (AvgIpc) is 2.73. The van der Waals surface area contributed by atoms with E-state index in [1.165, 1.54) is 20.5 Å². The van der Waals surface area contributed by atoms with Crippen molar-refractivity contribution in [2.75, 3.05) is 19.8 Å². The third-order valence-corrected chi connectivity index (χ3v) is 4.79. The summed E-state index contributed by atoms with van der Waals surface area (Å²) in [6.07, 6.45) is 0. The molecule has 0 unspecified atom stereocenters. The molecule has 0 bridgehead atoms. The molecular formula is C16H21NO2S. The van der Waals surface area contributed by atoms with E-state index in [1.807, 2.05) is 11.3 Å². The molecule has 3 nitrogen and oxygen atoms in total. The van der Waals surface area contributed by atoms with Crippen LogP contribution >= 0.6 is 11.3 Å². The molecule has 3 rings (SSSR count). The van der Waals surface area contributed by atoms with Crippen molar-refractivity contribution in [3.63, 3.8) is 0 Å². The molecule has 0 fully saturated rings. The topological polar surface area (TPSA) is 30.5 Å². The maximum absolute atomic E-state index is 5.67. The van der Waals surface area contributed by atoms with Gasteiger partial charge in [-0.15, -0.1) is 11.3 Å². The molecular weight excluding hydrogens is 270 g/mol. The zero-order valence-electron chi connectivity index (χ0n) is 12.3. The SMILES string of the molecule is Cc1c(CNCC(C)C)sc2cc3c(cc12)OCCO3. The fourth-order valence-electron chi connectivity index (χ4n) is 2.45. The highest BCUT2D eigenvalue weighted by Crippen LogP contribution is 2.40. The van der Waals surface area contributed by atoms with Gasteiger partial charge in [-0.1, -0.05) is 13.8 Å². The summed E-state index contributed by atoms with van der Waals surface area (Å²) < 4.78 is 12.6. The molecule has 0 aliphatic carbocycles. The van der Waals surface area contributed by atoms with Crippen LogP contribution in [0.5, 0.6) is 11.5 Å². The highest BCUT2D eigenvalue weighted by Gasteiger charge is 2.16. The molecule has 20 heavy (non-hydrogen) atoms. The molecule has 0 radical (unpaired) electrons. The van der Waals surface area contributed by atoms with Crippen LogP contribution in [-0.2, 0) is 6.54 Å². The predicted octanol–water partition coefficient (Wildman–Crippen LogP) is 3.73. The second-order valence-electron chi connectivity index (χ2n) is 5.67. The van der Waals surface area contributed by atoms with Crippen LogP contribution < -0.4 is 14.8 Å². The lowest BCUT2D eigenvalue weighted by atomic mass is 10.1. The lowest BCUT2D eigenvalue weighted by molar-refractivity contribution is 0.172. The Bertz CT molecular complexity index is 618. The monoisotopic (exact) mass is 291 g/mol. The van der Waals surface area contributed by atoms with Gasteiger partial charge >= 0.3 is 0 Å². The van der Waals surface area contributed by atoms with Crippen molar-refractivity contribution in [3.05, 3.63) is 22.6 Å². The first kappa shape index (κ1) is 13.7. The average molecular weight is 291 g/mol. The molecule has 1 aliphatic rings. The van der Waals surface area contributed by atoms with Crippen molar-refractivity contribution in [2.24, 2.45) is 5.92 Å². The van der Waals surface area contributed by atoms with Crippen LogP contribution in [0.2, 0.25) is 0 Å². The maximum atomic E-state index is 5.67. The van der Waals surface area contributed by atoms with Crippen LogP contribution in [0, 0.1) is 12.8 Å². The van der Waals surface area contributed by atoms with Crippen molar-refractivity contribution in [2.45, 2.75) is 27.3 Å². The first-order valence-corrected chi connectivity index (χ1v) is 7.99. The number of benzene rings is 1. The van der Waals surface area contributed by atoms with Crippen LogP contribution in [0.15, 0.2) is 12.1 Å². The van der Waals surface area contributed by atoms with E-state index in [9.17, 15) is 0 Å². The Morgan fingerprint density at radius 2 is 1.90 bits per heavy atom. The number of hydrogen-bond acceptors (Lipinski definition) is 4. The van der Waals surface area contributed by atoms with Gasteiger partial charge in [0.1, 0.15) is 13.2 Å². The smallest absolute Gasteiger partial charge is 0.162 e. The second kappa shape index (κ2) is 5.62. The van der Waals surface area contributed by atoms with Crippen LogP contribution in [0.1, 0.15) is 24.3 Å². The van der Waals surface area contributed by atoms with Gasteiger partial charge in [0.15, 0.2) is 11.5 Å². The van der Waals surface area contributed by atoms with E-state index in [4.69, 9.17) is 9.47 Å². The molecule has 1 aromatic carbocycles. The van der Waals surface area contributed by atoms with Crippen molar-refractivity contribution in [3.8, 4) is 11.5 Å². The third-order valence-electron chi connectivity index (χ3n) is 3.54. The minimum Gasteiger partial charge on any atom is -0.486 e. The molecule has 4 heteroatoms. The summed E-state index contributed by atoms with van der Waals surface area (Å²) in [5.41, 5.74) is 1.36. The van der Waals surface area contributed by atoms with Gasteiger partial charge in [0.25, 0.3) is 0 Å². The lowest BCUT2D eigenvalue weighted by Crippen LogP contribution is -2.18. The Morgan fingerprint density at radius 1 is 1.20 bits per heavy atom. The fourth-order valence-corrected chi connectivity index (χ4v) is 3.64. The van der Waals surface area contributed by atoms with Crippen LogP contribution in [0.3, 0.4) is 0 Å². The highest BCUT2D eigenvalue weighted by molar-refractivity contribution is 7.19. The van der Waals surface area contributed by atoms with Crippen molar-refractivity contribution in [1.82, 2.24) is 5.32 Å². The van der Waals surface area contributed by atoms with Gasteiger partial charge in [-0.05, 0) is 36.4 Å². The Labute approximate surface area is 123 Å². The van der Waals surface area contributed by atoms with Crippen molar-refractivity contribution in [1.29, 1.82) is 0 Å². The van der Waals surface area contributed by atoms with Gasteiger partial charge < -0.3 is 14.8 Å². The van der Waals surface area contributed by atoms with Gasteiger partial charge in [0.2, 0.25) is 0 Å². The molecule has 0 saturated carbocycles. The molecule has 0 spiro atoms. The number of ether oxygens (including phenoxy) is 2. The van der Waals surface area contributed by atoms with E-state index in [1.54, 1.807) is 0 Å². The normalized spacial score (nSPS) is 14.2. The molecule has 0 atom stereocenters. The number of fused-ring (bicyclic) bond motifs is 2. The maximum Gasteiger partial charge on any atom is 0.162 e. The molecule has 2 heterocycles. The van der Waals surface area contributed by atoms with E-state index in [2.05, 4.69) is 38.2 Å². The Hall–Kier alpha value is -1.26. The lowest BCUT2D eigenvalue weighted by Gasteiger charge is -2.18. The summed E-state index contributed by atoms with van der Waals surface area (Å²) in [6.45, 7) is 9.94. The number of thiophene rings is 1. The molecule has 1 N–H and O–H groups in total. The van der Waals surface area contributed by atoms with E-state index in [0.717, 1.165) is 24.6 Å². The van der Waals surface area contributed by atoms with E-state index < -0.39 is 0 Å². The molecule has 2 aromatic rings. The van der Waals surface area contributed by atoms with E-state index >= 15 is 0 Å². The molecule has 1 aliphatic heterocycles. The first-order valence-electron chi connectivity index (χ1n) is 7.17. The van der Waals surface area contributed by atoms with E-state index in [-0.39, 0.29) is 0 Å². The second-order valence-corrected chi connectivity index (χ2v) is 6.80. The first-order chi connectivity index (χ1) is 9.65. The summed E-state index contributed by atoms with van der Waals surface area (Å²) >= 11 is 1.85. The minimum absolute atomic E-state index is 0.643. The van der Waals surface area contributed by atoms with Crippen molar-refractivity contribution >= 4 is 21.4 Å².